The van der Waals surface area contributed by atoms with E-state index in [1.807, 2.05) is 6.07 Å². The fourth-order valence-corrected chi connectivity index (χ4v) is 3.97. The van der Waals surface area contributed by atoms with Gasteiger partial charge in [-0.3, -0.25) is 0 Å². The highest BCUT2D eigenvalue weighted by atomic mass is 19.4. The van der Waals surface area contributed by atoms with Crippen LogP contribution in [-0.4, -0.2) is 25.7 Å². The number of nitrogens with two attached hydrogens (primary N) is 1. The summed E-state index contributed by atoms with van der Waals surface area (Å²) in [4.78, 5) is 27.3. The van der Waals surface area contributed by atoms with Gasteiger partial charge in [-0.1, -0.05) is 18.2 Å². The van der Waals surface area contributed by atoms with Gasteiger partial charge in [0, 0.05) is 11.4 Å². The maximum atomic E-state index is 13.4. The smallest absolute Gasteiger partial charge is 0.416 e. The van der Waals surface area contributed by atoms with Crippen molar-refractivity contribution in [1.29, 1.82) is 5.26 Å². The number of rotatable bonds is 5. The van der Waals surface area contributed by atoms with Crippen LogP contribution in [0.5, 0.6) is 0 Å². The third-order valence-corrected chi connectivity index (χ3v) is 5.52. The molecule has 1 heterocycles. The number of alkyl halides is 3. The molecule has 0 radical (unpaired) electrons. The average molecular weight is 485 g/mol. The maximum Gasteiger partial charge on any atom is 0.416 e. The fourth-order valence-electron chi connectivity index (χ4n) is 3.97. The van der Waals surface area contributed by atoms with E-state index >= 15 is 0 Å². The summed E-state index contributed by atoms with van der Waals surface area (Å²) in [5.74, 6) is -2.88. The van der Waals surface area contributed by atoms with Gasteiger partial charge in [0.2, 0.25) is 0 Å². The molecule has 0 bridgehead atoms. The van der Waals surface area contributed by atoms with Gasteiger partial charge in [0.25, 0.3) is 0 Å². The molecule has 1 unspecified atom stereocenters. The van der Waals surface area contributed by atoms with Gasteiger partial charge < -0.3 is 20.1 Å². The van der Waals surface area contributed by atoms with Crippen molar-refractivity contribution in [2.24, 2.45) is 5.73 Å². The van der Waals surface area contributed by atoms with Gasteiger partial charge in [-0.2, -0.15) is 18.4 Å². The number of hydrogen-bond acceptors (Lipinski definition) is 7. The van der Waals surface area contributed by atoms with Gasteiger partial charge in [0.15, 0.2) is 0 Å². The molecular weight excluding hydrogens is 463 g/mol. The summed E-state index contributed by atoms with van der Waals surface area (Å²) in [7, 11) is 1.15. The highest BCUT2D eigenvalue weighted by Gasteiger charge is 2.42. The van der Waals surface area contributed by atoms with Gasteiger partial charge in [0.05, 0.1) is 48.0 Å². The van der Waals surface area contributed by atoms with E-state index in [9.17, 15) is 22.8 Å². The number of ether oxygens (including phenoxy) is 2. The summed E-state index contributed by atoms with van der Waals surface area (Å²) in [6.07, 6.45) is -4.62. The lowest BCUT2D eigenvalue weighted by molar-refractivity contribution is -0.139. The number of nitrogens with zero attached hydrogens (tertiary/aromatic N) is 2. The topological polar surface area (TPSA) is 106 Å². The van der Waals surface area contributed by atoms with Crippen molar-refractivity contribution in [3.8, 4) is 6.07 Å². The highest BCUT2D eigenvalue weighted by molar-refractivity contribution is 6.01. The third-order valence-electron chi connectivity index (χ3n) is 5.52. The molecule has 2 aromatic rings. The summed E-state index contributed by atoms with van der Waals surface area (Å²) in [6, 6.07) is 12.5. The van der Waals surface area contributed by atoms with Gasteiger partial charge in [0.1, 0.15) is 5.82 Å². The molecule has 0 saturated carbocycles. The minimum atomic E-state index is -4.62. The first-order valence-electron chi connectivity index (χ1n) is 10.5. The lowest BCUT2D eigenvalue weighted by Gasteiger charge is -2.37. The number of nitriles is 1. The van der Waals surface area contributed by atoms with Crippen LogP contribution in [0.25, 0.3) is 0 Å². The van der Waals surface area contributed by atoms with E-state index in [1.54, 1.807) is 19.1 Å². The van der Waals surface area contributed by atoms with Crippen molar-refractivity contribution < 1.29 is 32.2 Å². The number of carbonyl (C=O) groups excluding carboxylic acids is 2. The van der Waals surface area contributed by atoms with Crippen LogP contribution in [-0.2, 0) is 25.2 Å². The lowest BCUT2D eigenvalue weighted by Crippen LogP contribution is -2.39. The van der Waals surface area contributed by atoms with E-state index < -0.39 is 29.6 Å². The molecule has 7 nitrogen and oxygen atoms in total. The number of esters is 2. The second-order valence-electron chi connectivity index (χ2n) is 7.56. The molecule has 182 valence electrons. The van der Waals surface area contributed by atoms with Crippen LogP contribution in [0.4, 0.5) is 18.9 Å². The van der Waals surface area contributed by atoms with E-state index in [1.165, 1.54) is 36.1 Å². The molecule has 1 aliphatic rings. The summed E-state index contributed by atoms with van der Waals surface area (Å²) in [5.41, 5.74) is 6.30. The number of halogens is 3. The Bertz CT molecular complexity index is 1260. The first-order valence-corrected chi connectivity index (χ1v) is 10.5. The largest absolute Gasteiger partial charge is 0.466 e. The number of methoxy groups -OCH3 is 1. The Kier molecular flexibility index (Phi) is 7.20. The lowest BCUT2D eigenvalue weighted by atomic mass is 9.80. The summed E-state index contributed by atoms with van der Waals surface area (Å²) in [5, 5.41) is 9.13. The Labute approximate surface area is 199 Å². The first kappa shape index (κ1) is 25.4. The van der Waals surface area contributed by atoms with E-state index in [2.05, 4.69) is 0 Å². The van der Waals surface area contributed by atoms with Crippen LogP contribution in [0.2, 0.25) is 0 Å². The Morgan fingerprint density at radius 3 is 2.31 bits per heavy atom. The summed E-state index contributed by atoms with van der Waals surface area (Å²) in [6.45, 7) is 3.08. The third kappa shape index (κ3) is 4.84. The van der Waals surface area contributed by atoms with Crippen molar-refractivity contribution in [3.63, 3.8) is 0 Å². The van der Waals surface area contributed by atoms with E-state index in [0.29, 0.717) is 11.1 Å². The zero-order chi connectivity index (χ0) is 25.9. The predicted molar refractivity (Wildman–Crippen MR) is 120 cm³/mol. The number of allylic oxidation sites excluding steroid dienone is 1. The fraction of sp³-hybridized carbons (Fsp3) is 0.240. The normalized spacial score (nSPS) is 16.1. The first-order chi connectivity index (χ1) is 16.5. The molecule has 1 aliphatic heterocycles. The molecule has 0 aliphatic carbocycles. The zero-order valence-electron chi connectivity index (χ0n) is 19.1. The minimum Gasteiger partial charge on any atom is -0.466 e. The molecule has 2 N–H and O–H groups in total. The Hall–Kier alpha value is -4.26. The SMILES string of the molecule is CCOC(=O)C1=C(N)N(c2cccc(C(F)(F)F)c2)C(C)=C(C(=O)OC)C1c1ccc(C#N)cc1. The monoisotopic (exact) mass is 485 g/mol. The van der Waals surface area contributed by atoms with Crippen molar-refractivity contribution >= 4 is 17.6 Å². The van der Waals surface area contributed by atoms with Crippen LogP contribution in [0.15, 0.2) is 71.2 Å². The second-order valence-corrected chi connectivity index (χ2v) is 7.56. The van der Waals surface area contributed by atoms with Gasteiger partial charge in [-0.25, -0.2) is 9.59 Å². The molecule has 0 saturated heterocycles. The van der Waals surface area contributed by atoms with Gasteiger partial charge in [-0.15, -0.1) is 0 Å². The molecule has 2 aromatic carbocycles. The number of anilines is 1. The predicted octanol–water partition coefficient (Wildman–Crippen LogP) is 4.36. The summed E-state index contributed by atoms with van der Waals surface area (Å²) >= 11 is 0. The van der Waals surface area contributed by atoms with Crippen molar-refractivity contribution in [3.05, 3.63) is 87.9 Å². The van der Waals surface area contributed by atoms with E-state index in [0.717, 1.165) is 19.2 Å². The molecule has 0 fully saturated rings. The molecule has 35 heavy (non-hydrogen) atoms. The van der Waals surface area contributed by atoms with Crippen molar-refractivity contribution in [1.82, 2.24) is 0 Å². The summed E-state index contributed by atoms with van der Waals surface area (Å²) < 4.78 is 50.4. The number of hydrogen-bond donors (Lipinski definition) is 1. The van der Waals surface area contributed by atoms with Crippen LogP contribution < -0.4 is 10.6 Å². The van der Waals surface area contributed by atoms with E-state index in [4.69, 9.17) is 20.5 Å². The Morgan fingerprint density at radius 2 is 1.77 bits per heavy atom. The van der Waals surface area contributed by atoms with Crippen LogP contribution in [0.1, 0.15) is 36.5 Å². The van der Waals surface area contributed by atoms with Crippen molar-refractivity contribution in [2.75, 3.05) is 18.6 Å². The van der Waals surface area contributed by atoms with Gasteiger partial charge in [-0.05, 0) is 49.7 Å². The van der Waals surface area contributed by atoms with Crippen molar-refractivity contribution in [2.45, 2.75) is 25.9 Å². The van der Waals surface area contributed by atoms with Gasteiger partial charge >= 0.3 is 18.1 Å². The molecule has 3 rings (SSSR count). The van der Waals surface area contributed by atoms with Crippen LogP contribution >= 0.6 is 0 Å². The Morgan fingerprint density at radius 1 is 1.11 bits per heavy atom. The molecule has 0 aromatic heterocycles. The maximum absolute atomic E-state index is 13.4. The molecule has 10 heteroatoms. The van der Waals surface area contributed by atoms with Crippen LogP contribution in [0, 0.1) is 11.3 Å². The zero-order valence-corrected chi connectivity index (χ0v) is 19.1. The quantitative estimate of drug-likeness (QED) is 0.628. The van der Waals surface area contributed by atoms with Crippen LogP contribution in [0.3, 0.4) is 0 Å². The number of benzene rings is 2. The standard InChI is InChI=1S/C25H22F3N3O4/c1-4-35-24(33)21-20(16-10-8-15(13-29)9-11-16)19(23(32)34-3)14(2)31(22(21)30)18-7-5-6-17(12-18)25(26,27)28/h5-12,20H,4,30H2,1-3H3. The Balaban J connectivity index is 2.33. The second kappa shape index (κ2) is 9.93. The van der Waals surface area contributed by atoms with E-state index in [-0.39, 0.29) is 35.0 Å². The average Bonchev–Trinajstić information content (AvgIpc) is 2.83. The molecule has 1 atom stereocenters. The minimum absolute atomic E-state index is 0.00342. The molecule has 0 spiro atoms. The molecular formula is C25H22F3N3O4. The highest BCUT2D eigenvalue weighted by Crippen LogP contribution is 2.44. The number of carbonyl (C=O) groups is 2. The molecule has 0 amide bonds.